The third-order valence-electron chi connectivity index (χ3n) is 19.7. The number of aliphatic hydroxyl groups is 4. The molecule has 0 radical (unpaired) electrons. The van der Waals surface area contributed by atoms with Crippen LogP contribution >= 0.6 is 21.6 Å². The predicted octanol–water partition coefficient (Wildman–Crippen LogP) is 7.05. The molecule has 6 bridgehead atoms. The van der Waals surface area contributed by atoms with Crippen LogP contribution in [0.2, 0.25) is 0 Å². The summed E-state index contributed by atoms with van der Waals surface area (Å²) in [5.74, 6) is 17.0. The molecule has 13 unspecified atom stereocenters. The van der Waals surface area contributed by atoms with Crippen LogP contribution in [0.4, 0.5) is 0 Å². The molecule has 16 nitrogen and oxygen atoms in total. The third-order valence-corrected chi connectivity index (χ3v) is 22.1. The van der Waals surface area contributed by atoms with Gasteiger partial charge in [-0.1, -0.05) is 77.3 Å². The highest BCUT2D eigenvalue weighted by Gasteiger charge is 2.57. The molecule has 18 heteroatoms. The molecule has 3 saturated carbocycles. The van der Waals surface area contributed by atoms with Crippen molar-refractivity contribution in [2.45, 2.75) is 166 Å². The molecule has 83 heavy (non-hydrogen) atoms. The first-order valence-electron chi connectivity index (χ1n) is 30.2. The molecule has 2 spiro atoms. The first-order chi connectivity index (χ1) is 40.1. The summed E-state index contributed by atoms with van der Waals surface area (Å²) < 4.78 is 25.8. The second-order valence-corrected chi connectivity index (χ2v) is 27.7. The molecule has 3 aromatic carbocycles. The maximum atomic E-state index is 13.5. The Morgan fingerprint density at radius 2 is 1.76 bits per heavy atom. The van der Waals surface area contributed by atoms with Gasteiger partial charge in [-0.15, -0.1) is 0 Å². The highest BCUT2D eigenvalue weighted by Crippen LogP contribution is 2.60. The zero-order valence-electron chi connectivity index (χ0n) is 48.7. The molecule has 0 amide bonds. The van der Waals surface area contributed by atoms with Crippen molar-refractivity contribution >= 4 is 33.3 Å². The number of aliphatic imine (C=N–C) groups is 1. The molecule has 11 rings (SSSR count). The minimum Gasteiger partial charge on any atom is -0.508 e. The van der Waals surface area contributed by atoms with E-state index in [1.807, 2.05) is 19.2 Å². The lowest BCUT2D eigenvalue weighted by Gasteiger charge is -2.54. The summed E-state index contributed by atoms with van der Waals surface area (Å²) in [5, 5.41) is 77.5. The summed E-state index contributed by atoms with van der Waals surface area (Å²) in [4.78, 5) is 18.6. The number of ketones is 1. The molecule has 0 aromatic heterocycles. The van der Waals surface area contributed by atoms with Gasteiger partial charge in [0.25, 0.3) is 0 Å². The number of hydrogen-bond donors (Lipinski definition) is 10. The average molecular weight is 1180 g/mol. The monoisotopic (exact) mass is 1180 g/mol. The third kappa shape index (κ3) is 13.7. The normalized spacial score (nSPS) is 31.5. The number of phenolic OH excluding ortho intramolecular Hbond substituents is 2. The van der Waals surface area contributed by atoms with Gasteiger partial charge in [0.15, 0.2) is 35.8 Å². The Morgan fingerprint density at radius 1 is 0.928 bits per heavy atom. The number of hydrogen-bond acceptors (Lipinski definition) is 18. The van der Waals surface area contributed by atoms with E-state index < -0.39 is 36.7 Å². The van der Waals surface area contributed by atoms with Crippen molar-refractivity contribution in [2.24, 2.45) is 57.6 Å². The van der Waals surface area contributed by atoms with Crippen molar-refractivity contribution < 1.29 is 54.4 Å². The number of methoxy groups -OCH3 is 1. The van der Waals surface area contributed by atoms with Gasteiger partial charge in [0, 0.05) is 78.8 Å². The molecular formula is C65H87N5O11S2. The van der Waals surface area contributed by atoms with Crippen molar-refractivity contribution in [1.29, 1.82) is 0 Å². The topological polar surface area (TPSA) is 250 Å². The van der Waals surface area contributed by atoms with Crippen molar-refractivity contribution in [3.63, 3.8) is 0 Å². The quantitative estimate of drug-likeness (QED) is 0.0555. The molecule has 4 heterocycles. The lowest BCUT2D eigenvalue weighted by Crippen LogP contribution is -2.61. The molecule has 8 aliphatic rings. The number of benzene rings is 3. The first-order valence-corrected chi connectivity index (χ1v) is 32.7. The second kappa shape index (κ2) is 27.2. The van der Waals surface area contributed by atoms with E-state index >= 15 is 0 Å². The van der Waals surface area contributed by atoms with Crippen LogP contribution in [0.5, 0.6) is 28.7 Å². The number of fused-ring (bicyclic) bond motifs is 6. The van der Waals surface area contributed by atoms with Crippen LogP contribution in [-0.2, 0) is 48.2 Å². The van der Waals surface area contributed by atoms with Gasteiger partial charge >= 0.3 is 0 Å². The molecule has 0 saturated heterocycles. The fourth-order valence-electron chi connectivity index (χ4n) is 15.3. The zero-order chi connectivity index (χ0) is 58.4. The number of phenols is 2. The summed E-state index contributed by atoms with van der Waals surface area (Å²) in [6.45, 7) is 4.29. The lowest BCUT2D eigenvalue weighted by molar-refractivity contribution is -0.121. The fraction of sp³-hybridized carbons (Fsp3) is 0.631. The fourth-order valence-corrected chi connectivity index (χ4v) is 18.1. The number of guanidine groups is 1. The van der Waals surface area contributed by atoms with E-state index in [0.717, 1.165) is 86.7 Å². The first kappa shape index (κ1) is 61.2. The highest BCUT2D eigenvalue weighted by atomic mass is 33.1. The van der Waals surface area contributed by atoms with E-state index in [1.165, 1.54) is 11.6 Å². The van der Waals surface area contributed by atoms with Gasteiger partial charge in [0.2, 0.25) is 6.29 Å². The Balaban J connectivity index is 1.13. The molecule has 4 aliphatic carbocycles. The van der Waals surface area contributed by atoms with Crippen LogP contribution in [-0.4, -0.2) is 124 Å². The van der Waals surface area contributed by atoms with E-state index in [2.05, 4.69) is 65.6 Å². The highest BCUT2D eigenvalue weighted by molar-refractivity contribution is 8.76. The second-order valence-electron chi connectivity index (χ2n) is 25.1. The number of carbonyl (C=O) groups is 1. The number of Topliss-reactive ketones (excluding diaryl/α,β-unsaturated/α-hetero) is 1. The molecule has 11 N–H and O–H groups in total. The van der Waals surface area contributed by atoms with Crippen molar-refractivity contribution in [1.82, 2.24) is 16.0 Å². The van der Waals surface area contributed by atoms with Crippen LogP contribution in [0.25, 0.3) is 0 Å². The molecule has 4 aliphatic heterocycles. The molecule has 3 fully saturated rings. The van der Waals surface area contributed by atoms with Crippen molar-refractivity contribution in [3.05, 3.63) is 75.3 Å². The summed E-state index contributed by atoms with van der Waals surface area (Å²) in [7, 11) is 7.15. The van der Waals surface area contributed by atoms with E-state index in [0.29, 0.717) is 71.6 Å². The Kier molecular flexibility index (Phi) is 20.1. The van der Waals surface area contributed by atoms with E-state index in [4.69, 9.17) is 29.7 Å². The summed E-state index contributed by atoms with van der Waals surface area (Å²) in [5.41, 5.74) is 12.3. The number of nitrogens with two attached hydrogens (primary N) is 1. The number of rotatable bonds is 10. The van der Waals surface area contributed by atoms with Crippen LogP contribution in [0.3, 0.4) is 0 Å². The number of aromatic hydroxyl groups is 2. The van der Waals surface area contributed by atoms with E-state index in [9.17, 15) is 35.4 Å². The van der Waals surface area contributed by atoms with Crippen LogP contribution < -0.4 is 35.9 Å². The Labute approximate surface area is 498 Å². The number of aliphatic hydroxyl groups excluding tert-OH is 4. The maximum absolute atomic E-state index is 13.5. The Morgan fingerprint density at radius 3 is 2.55 bits per heavy atom. The number of carbonyl (C=O) groups excluding carboxylic acids is 1. The summed E-state index contributed by atoms with van der Waals surface area (Å²) in [6.07, 6.45) is 8.48. The van der Waals surface area contributed by atoms with E-state index in [-0.39, 0.29) is 109 Å². The standard InChI is InChI=1S/C65H87N5O11S2/c1-38(2)56-34-83-82-33-54-53-29-52-42-11-17-50(75)28-49(74)15-9-40-12-19-57(76)60(80-37-72)51(40)7-5-6-44(25-42)59(61(52)81-62(53)77)79-36-68-65-35-64(22-20-39(30-64)24-41-10-16-48(73)27-45(41)31-67-3)23-21-47(65)26-43(58(32-71)78-4)8-13-46(65)14-18-55(54)69-63(66)70-56/h10,12,16,19,25,27,38-39,43,46-47,50,53-56,58,62,67-68,71-73,75-77H,6,8-9,11,13,15,17,20-24,26,28-37H2,1-4H3,(H3,66,69,70). The van der Waals surface area contributed by atoms with Gasteiger partial charge < -0.3 is 66.0 Å². The van der Waals surface area contributed by atoms with Gasteiger partial charge in [0.05, 0.1) is 36.5 Å². The lowest BCUT2D eigenvalue weighted by atomic mass is 9.55. The molecule has 3 aromatic rings. The van der Waals surface area contributed by atoms with Gasteiger partial charge in [-0.3, -0.25) is 10.1 Å². The minimum absolute atomic E-state index is 0.00444. The minimum atomic E-state index is -1.28. The Bertz CT molecular complexity index is 2950. The van der Waals surface area contributed by atoms with Gasteiger partial charge in [-0.05, 0) is 166 Å². The summed E-state index contributed by atoms with van der Waals surface area (Å²) >= 11 is 0. The van der Waals surface area contributed by atoms with Gasteiger partial charge in [-0.2, -0.15) is 0 Å². The smallest absolute Gasteiger partial charge is 0.201 e. The number of nitrogens with one attached hydrogen (secondary N) is 3. The van der Waals surface area contributed by atoms with Crippen molar-refractivity contribution in [2.75, 3.05) is 45.8 Å². The number of ether oxygens (including phenoxy) is 4. The Hall–Kier alpha value is -4.86. The molecular weight excluding hydrogens is 1090 g/mol. The SMILES string of the molecule is CNCc1cc(O)ccc1CC1CCC2(CCC3CC(C(CO)OC)CCC4C#CC5NC(N)=NC(C(C)C)CSSCC5C5Cc6c7cc(c(c6OC5O)OCNC43C2)CC#Cc2c(ccc(O)c2OCO)CCC(=O)CC(O)CC7)C1. The number of aryl methyl sites for hydroxylation is 2. The zero-order valence-corrected chi connectivity index (χ0v) is 50.4. The summed E-state index contributed by atoms with van der Waals surface area (Å²) in [6, 6.07) is 10.5. The van der Waals surface area contributed by atoms with Gasteiger partial charge in [-0.25, -0.2) is 4.99 Å². The van der Waals surface area contributed by atoms with Crippen molar-refractivity contribution in [3.8, 4) is 52.4 Å². The molecule has 450 valence electrons. The number of nitrogens with zero attached hydrogens (tertiary/aromatic N) is 1. The van der Waals surface area contributed by atoms with E-state index in [1.54, 1.807) is 34.8 Å². The molecule has 13 atom stereocenters. The predicted molar refractivity (Wildman–Crippen MR) is 324 cm³/mol. The van der Waals surface area contributed by atoms with Crippen LogP contribution in [0, 0.1) is 70.5 Å². The maximum Gasteiger partial charge on any atom is 0.201 e. The van der Waals surface area contributed by atoms with Crippen LogP contribution in [0.15, 0.2) is 41.4 Å². The van der Waals surface area contributed by atoms with Gasteiger partial charge in [0.1, 0.15) is 18.3 Å². The average Bonchev–Trinajstić information content (AvgIpc) is 2.31. The largest absolute Gasteiger partial charge is 0.508 e. The van der Waals surface area contributed by atoms with Crippen LogP contribution in [0.1, 0.15) is 130 Å².